The Morgan fingerprint density at radius 1 is 1.23 bits per heavy atom. The number of amides is 1. The number of H-pyrrole nitrogens is 1. The molecule has 1 aliphatic heterocycles. The van der Waals surface area contributed by atoms with Crippen LogP contribution in [0, 0.1) is 18.4 Å². The number of aromatic amines is 1. The van der Waals surface area contributed by atoms with Crippen molar-refractivity contribution in [1.29, 1.82) is 5.26 Å². The van der Waals surface area contributed by atoms with Crippen LogP contribution in [0.25, 0.3) is 5.65 Å². The van der Waals surface area contributed by atoms with Crippen LogP contribution in [0.3, 0.4) is 0 Å². The van der Waals surface area contributed by atoms with E-state index in [1.54, 1.807) is 12.3 Å². The van der Waals surface area contributed by atoms with Crippen molar-refractivity contribution >= 4 is 17.2 Å². The third-order valence-electron chi connectivity index (χ3n) is 5.77. The average Bonchev–Trinajstić information content (AvgIpc) is 3.15. The monoisotopic (exact) mass is 419 g/mol. The second-order valence-electron chi connectivity index (χ2n) is 7.69. The standard InChI is InChI=1S/C22H25N7O2/c1-3-16-13-29-7-6-17(20(29)26-21(16)30)12-27-8-10-28(11-9-27)19-5-4-18(25-15(19)2)22(31)24-14-23/h4-7,13H,3,8-12H2,1-2H3,(H,24,31)(H,26,30). The minimum absolute atomic E-state index is 0.0188. The Morgan fingerprint density at radius 3 is 2.68 bits per heavy atom. The Kier molecular flexibility index (Phi) is 5.73. The molecule has 9 heteroatoms. The van der Waals surface area contributed by atoms with Crippen molar-refractivity contribution < 1.29 is 4.79 Å². The number of fused-ring (bicyclic) bond motifs is 1. The molecule has 0 atom stereocenters. The van der Waals surface area contributed by atoms with E-state index in [1.807, 2.05) is 36.7 Å². The first-order chi connectivity index (χ1) is 15.0. The van der Waals surface area contributed by atoms with E-state index in [2.05, 4.69) is 31.2 Å². The van der Waals surface area contributed by atoms with E-state index in [9.17, 15) is 9.59 Å². The molecule has 1 fully saturated rings. The number of hydrogen-bond donors (Lipinski definition) is 2. The zero-order chi connectivity index (χ0) is 22.0. The fourth-order valence-electron chi connectivity index (χ4n) is 4.05. The number of nitrogens with one attached hydrogen (secondary N) is 2. The molecule has 3 aromatic heterocycles. The number of carbonyl (C=O) groups excluding carboxylic acids is 1. The maximum Gasteiger partial charge on any atom is 0.282 e. The summed E-state index contributed by atoms with van der Waals surface area (Å²) >= 11 is 0. The molecule has 0 radical (unpaired) electrons. The van der Waals surface area contributed by atoms with Crippen molar-refractivity contribution in [3.8, 4) is 6.19 Å². The number of anilines is 1. The number of rotatable bonds is 5. The van der Waals surface area contributed by atoms with E-state index in [0.29, 0.717) is 6.42 Å². The lowest BCUT2D eigenvalue weighted by Crippen LogP contribution is -2.46. The molecule has 0 bridgehead atoms. The second-order valence-corrected chi connectivity index (χ2v) is 7.69. The Morgan fingerprint density at radius 2 is 2.00 bits per heavy atom. The van der Waals surface area contributed by atoms with Gasteiger partial charge in [-0.15, -0.1) is 0 Å². The molecular formula is C22H25N7O2. The van der Waals surface area contributed by atoms with Gasteiger partial charge in [-0.1, -0.05) is 6.92 Å². The minimum atomic E-state index is -0.495. The fourth-order valence-corrected chi connectivity index (χ4v) is 4.05. The van der Waals surface area contributed by atoms with Gasteiger partial charge in [0, 0.05) is 56.2 Å². The van der Waals surface area contributed by atoms with Crippen LogP contribution in [-0.2, 0) is 13.0 Å². The van der Waals surface area contributed by atoms with E-state index in [4.69, 9.17) is 5.26 Å². The Hall–Kier alpha value is -3.64. The van der Waals surface area contributed by atoms with E-state index >= 15 is 0 Å². The molecule has 31 heavy (non-hydrogen) atoms. The molecule has 0 spiro atoms. The van der Waals surface area contributed by atoms with Gasteiger partial charge in [0.2, 0.25) is 0 Å². The van der Waals surface area contributed by atoms with Gasteiger partial charge in [-0.05, 0) is 31.5 Å². The Balaban J connectivity index is 1.42. The van der Waals surface area contributed by atoms with Crippen LogP contribution in [0.5, 0.6) is 0 Å². The van der Waals surface area contributed by atoms with Gasteiger partial charge in [-0.3, -0.25) is 19.8 Å². The lowest BCUT2D eigenvalue weighted by Gasteiger charge is -2.36. The summed E-state index contributed by atoms with van der Waals surface area (Å²) in [5.41, 5.74) is 4.73. The molecule has 0 aliphatic carbocycles. The summed E-state index contributed by atoms with van der Waals surface area (Å²) in [6.07, 6.45) is 6.24. The summed E-state index contributed by atoms with van der Waals surface area (Å²) in [6, 6.07) is 5.60. The second kappa shape index (κ2) is 8.62. The average molecular weight is 419 g/mol. The molecule has 9 nitrogen and oxygen atoms in total. The topological polar surface area (TPSA) is 110 Å². The lowest BCUT2D eigenvalue weighted by atomic mass is 10.2. The van der Waals surface area contributed by atoms with Crippen molar-refractivity contribution in [2.75, 3.05) is 31.1 Å². The summed E-state index contributed by atoms with van der Waals surface area (Å²) < 4.78 is 1.99. The summed E-state index contributed by atoms with van der Waals surface area (Å²) in [5.74, 6) is -0.495. The summed E-state index contributed by atoms with van der Waals surface area (Å²) in [5, 5.41) is 10.7. The van der Waals surface area contributed by atoms with Crippen molar-refractivity contribution in [2.24, 2.45) is 0 Å². The van der Waals surface area contributed by atoms with Crippen LogP contribution in [0.4, 0.5) is 5.69 Å². The van der Waals surface area contributed by atoms with Crippen molar-refractivity contribution in [3.63, 3.8) is 0 Å². The van der Waals surface area contributed by atoms with Crippen LogP contribution in [0.1, 0.15) is 34.2 Å². The van der Waals surface area contributed by atoms with Crippen LogP contribution >= 0.6 is 0 Å². The first-order valence-corrected chi connectivity index (χ1v) is 10.4. The molecule has 0 unspecified atom stereocenters. The fraction of sp³-hybridized carbons (Fsp3) is 0.364. The summed E-state index contributed by atoms with van der Waals surface area (Å²) in [7, 11) is 0. The highest BCUT2D eigenvalue weighted by Gasteiger charge is 2.21. The number of hydrogen-bond acceptors (Lipinski definition) is 6. The van der Waals surface area contributed by atoms with Gasteiger partial charge in [0.1, 0.15) is 11.3 Å². The van der Waals surface area contributed by atoms with E-state index in [1.165, 1.54) is 0 Å². The Labute approximate surface area is 179 Å². The maximum atomic E-state index is 12.2. The number of aryl methyl sites for hydroxylation is 2. The highest BCUT2D eigenvalue weighted by molar-refractivity contribution is 5.93. The summed E-state index contributed by atoms with van der Waals surface area (Å²) in [6.45, 7) is 8.07. The molecular weight excluding hydrogens is 394 g/mol. The molecule has 2 N–H and O–H groups in total. The molecule has 1 aliphatic rings. The van der Waals surface area contributed by atoms with E-state index in [0.717, 1.165) is 60.9 Å². The van der Waals surface area contributed by atoms with Gasteiger partial charge in [-0.25, -0.2) is 4.98 Å². The van der Waals surface area contributed by atoms with Crippen LogP contribution in [0.2, 0.25) is 0 Å². The molecule has 1 saturated heterocycles. The third kappa shape index (κ3) is 4.15. The molecule has 1 amide bonds. The van der Waals surface area contributed by atoms with Gasteiger partial charge in [0.05, 0.1) is 11.4 Å². The van der Waals surface area contributed by atoms with Gasteiger partial charge in [0.25, 0.3) is 11.5 Å². The van der Waals surface area contributed by atoms with Gasteiger partial charge in [-0.2, -0.15) is 5.26 Å². The van der Waals surface area contributed by atoms with Gasteiger partial charge >= 0.3 is 0 Å². The normalized spacial score (nSPS) is 14.5. The predicted octanol–water partition coefficient (Wildman–Crippen LogP) is 1.43. The highest BCUT2D eigenvalue weighted by atomic mass is 16.1. The van der Waals surface area contributed by atoms with Gasteiger partial charge in [0.15, 0.2) is 6.19 Å². The zero-order valence-corrected chi connectivity index (χ0v) is 17.7. The molecule has 0 aromatic carbocycles. The smallest absolute Gasteiger partial charge is 0.282 e. The first-order valence-electron chi connectivity index (χ1n) is 10.4. The molecule has 4 heterocycles. The highest BCUT2D eigenvalue weighted by Crippen LogP contribution is 2.22. The number of pyridine rings is 1. The third-order valence-corrected chi connectivity index (χ3v) is 5.77. The first kappa shape index (κ1) is 20.6. The SMILES string of the molecule is CCc1cn2ccc(CN3CCN(c4ccc(C(=O)NC#N)nc4C)CC3)c2[nH]c1=O. The van der Waals surface area contributed by atoms with Crippen molar-refractivity contribution in [1.82, 2.24) is 24.6 Å². The molecule has 3 aromatic rings. The predicted molar refractivity (Wildman–Crippen MR) is 117 cm³/mol. The molecule has 4 rings (SSSR count). The van der Waals surface area contributed by atoms with Crippen LogP contribution < -0.4 is 15.8 Å². The number of aromatic nitrogens is 3. The number of carbonyl (C=O) groups is 1. The van der Waals surface area contributed by atoms with Crippen LogP contribution in [-0.4, -0.2) is 51.4 Å². The number of piperazine rings is 1. The molecule has 0 saturated carbocycles. The van der Waals surface area contributed by atoms with Crippen molar-refractivity contribution in [2.45, 2.75) is 26.8 Å². The van der Waals surface area contributed by atoms with Crippen LogP contribution in [0.15, 0.2) is 35.4 Å². The van der Waals surface area contributed by atoms with Crippen molar-refractivity contribution in [3.05, 3.63) is 63.5 Å². The zero-order valence-electron chi connectivity index (χ0n) is 17.7. The Bertz CT molecular complexity index is 1210. The molecule has 160 valence electrons. The summed E-state index contributed by atoms with van der Waals surface area (Å²) in [4.78, 5) is 36.0. The minimum Gasteiger partial charge on any atom is -0.368 e. The van der Waals surface area contributed by atoms with Gasteiger partial charge < -0.3 is 14.3 Å². The largest absolute Gasteiger partial charge is 0.368 e. The maximum absolute atomic E-state index is 12.2. The van der Waals surface area contributed by atoms with E-state index < -0.39 is 5.91 Å². The lowest BCUT2D eigenvalue weighted by molar-refractivity contribution is 0.0968. The number of nitriles is 1. The quantitative estimate of drug-likeness (QED) is 0.478. The number of nitrogens with zero attached hydrogens (tertiary/aromatic N) is 5. The van der Waals surface area contributed by atoms with E-state index in [-0.39, 0.29) is 11.3 Å².